The molecule has 0 atom stereocenters. The molecular formula is C18H20F3N3O2. The summed E-state index contributed by atoms with van der Waals surface area (Å²) < 4.78 is 46.8. The molecule has 0 bridgehead atoms. The van der Waals surface area contributed by atoms with Crippen molar-refractivity contribution in [1.29, 1.82) is 0 Å². The smallest absolute Gasteiger partial charge is 0.491 e. The number of guanidine groups is 1. The average molecular weight is 367 g/mol. The highest BCUT2D eigenvalue weighted by Crippen LogP contribution is 2.26. The molecule has 2 rings (SSSR count). The number of benzene rings is 2. The van der Waals surface area contributed by atoms with Crippen LogP contribution < -0.4 is 20.5 Å². The molecule has 8 heteroatoms. The summed E-state index contributed by atoms with van der Waals surface area (Å²) in [7, 11) is 0. The van der Waals surface area contributed by atoms with E-state index in [2.05, 4.69) is 15.0 Å². The number of hydrogen-bond acceptors (Lipinski definition) is 3. The van der Waals surface area contributed by atoms with Crippen molar-refractivity contribution in [3.63, 3.8) is 0 Å². The van der Waals surface area contributed by atoms with Gasteiger partial charge in [-0.05, 0) is 44.2 Å². The topological polar surface area (TPSA) is 68.9 Å². The summed E-state index contributed by atoms with van der Waals surface area (Å²) >= 11 is 0. The summed E-state index contributed by atoms with van der Waals surface area (Å²) in [6, 6.07) is 12.9. The number of ether oxygens (including phenoxy) is 2. The molecular weight excluding hydrogens is 347 g/mol. The van der Waals surface area contributed by atoms with Crippen molar-refractivity contribution < 1.29 is 22.6 Å². The van der Waals surface area contributed by atoms with E-state index in [1.807, 2.05) is 13.8 Å². The van der Waals surface area contributed by atoms with E-state index >= 15 is 0 Å². The predicted octanol–water partition coefficient (Wildman–Crippen LogP) is 4.30. The lowest BCUT2D eigenvalue weighted by Crippen LogP contribution is -2.22. The molecule has 140 valence electrons. The Hall–Kier alpha value is -2.90. The lowest BCUT2D eigenvalue weighted by atomic mass is 10.2. The van der Waals surface area contributed by atoms with Crippen molar-refractivity contribution in [2.75, 3.05) is 5.32 Å². The molecule has 0 aliphatic carbocycles. The summed E-state index contributed by atoms with van der Waals surface area (Å²) in [5.74, 6) is 0.496. The molecule has 0 saturated heterocycles. The van der Waals surface area contributed by atoms with Gasteiger partial charge in [0.05, 0.1) is 12.6 Å². The molecule has 2 aromatic rings. The first-order valence-corrected chi connectivity index (χ1v) is 7.90. The van der Waals surface area contributed by atoms with Crippen LogP contribution in [0.2, 0.25) is 0 Å². The Balaban J connectivity index is 2.00. The first-order chi connectivity index (χ1) is 12.2. The van der Waals surface area contributed by atoms with Gasteiger partial charge in [0.1, 0.15) is 11.5 Å². The minimum absolute atomic E-state index is 0.0559. The Bertz CT molecular complexity index is 744. The zero-order valence-electron chi connectivity index (χ0n) is 14.4. The van der Waals surface area contributed by atoms with Crippen LogP contribution in [-0.4, -0.2) is 18.4 Å². The second-order valence-electron chi connectivity index (χ2n) is 5.67. The van der Waals surface area contributed by atoms with Crippen LogP contribution >= 0.6 is 0 Å². The molecule has 0 spiro atoms. The van der Waals surface area contributed by atoms with Crippen molar-refractivity contribution >= 4 is 11.6 Å². The Kier molecular flexibility index (Phi) is 6.32. The fourth-order valence-corrected chi connectivity index (χ4v) is 2.11. The predicted molar refractivity (Wildman–Crippen MR) is 94.3 cm³/mol. The Morgan fingerprint density at radius 2 is 1.77 bits per heavy atom. The van der Waals surface area contributed by atoms with Crippen molar-refractivity contribution in [2.24, 2.45) is 10.7 Å². The van der Waals surface area contributed by atoms with Crippen LogP contribution in [0.5, 0.6) is 11.5 Å². The summed E-state index contributed by atoms with van der Waals surface area (Å²) in [5, 5.41) is 2.87. The zero-order valence-corrected chi connectivity index (χ0v) is 14.4. The van der Waals surface area contributed by atoms with Gasteiger partial charge in [-0.15, -0.1) is 13.2 Å². The van der Waals surface area contributed by atoms with Gasteiger partial charge in [-0.2, -0.15) is 0 Å². The molecule has 0 aliphatic heterocycles. The lowest BCUT2D eigenvalue weighted by Gasteiger charge is -2.12. The minimum Gasteiger partial charge on any atom is -0.491 e. The van der Waals surface area contributed by atoms with E-state index in [0.717, 1.165) is 5.75 Å². The molecule has 0 aromatic heterocycles. The summed E-state index contributed by atoms with van der Waals surface area (Å²) in [6.07, 6.45) is -4.69. The largest absolute Gasteiger partial charge is 0.573 e. The third-order valence-electron chi connectivity index (χ3n) is 3.12. The molecule has 5 nitrogen and oxygen atoms in total. The first-order valence-electron chi connectivity index (χ1n) is 7.90. The molecule has 0 heterocycles. The second-order valence-corrected chi connectivity index (χ2v) is 5.67. The standard InChI is InChI=1S/C18H20F3N3O2/c1-12(2)25-15-9-7-14(8-10-15)24-17(22)23-11-13-5-3-4-6-16(13)26-18(19,20)21/h3-10,12H,11H2,1-2H3,(H3,22,23,24). The minimum atomic E-state index is -4.76. The van der Waals surface area contributed by atoms with Gasteiger partial charge in [0.25, 0.3) is 0 Å². The highest BCUT2D eigenvalue weighted by molar-refractivity contribution is 5.92. The molecule has 0 unspecified atom stereocenters. The Morgan fingerprint density at radius 3 is 2.38 bits per heavy atom. The molecule has 0 fully saturated rings. The van der Waals surface area contributed by atoms with Crippen molar-refractivity contribution in [3.05, 3.63) is 54.1 Å². The summed E-state index contributed by atoms with van der Waals surface area (Å²) in [5.41, 5.74) is 6.75. The monoisotopic (exact) mass is 367 g/mol. The molecule has 26 heavy (non-hydrogen) atoms. The van der Waals surface area contributed by atoms with Gasteiger partial charge < -0.3 is 20.5 Å². The van der Waals surface area contributed by atoms with Gasteiger partial charge in [-0.25, -0.2) is 4.99 Å². The number of anilines is 1. The third-order valence-corrected chi connectivity index (χ3v) is 3.12. The van der Waals surface area contributed by atoms with E-state index in [0.29, 0.717) is 5.69 Å². The van der Waals surface area contributed by atoms with Gasteiger partial charge in [-0.3, -0.25) is 0 Å². The number of alkyl halides is 3. The van der Waals surface area contributed by atoms with Crippen molar-refractivity contribution in [3.8, 4) is 11.5 Å². The molecule has 0 aliphatic rings. The maximum absolute atomic E-state index is 12.4. The molecule has 2 aromatic carbocycles. The molecule has 0 saturated carbocycles. The van der Waals surface area contributed by atoms with Gasteiger partial charge in [0.2, 0.25) is 0 Å². The van der Waals surface area contributed by atoms with Crippen LogP contribution in [0.25, 0.3) is 0 Å². The lowest BCUT2D eigenvalue weighted by molar-refractivity contribution is -0.274. The number of aliphatic imine (C=N–C) groups is 1. The number of nitrogens with two attached hydrogens (primary N) is 1. The van der Waals surface area contributed by atoms with Crippen molar-refractivity contribution in [1.82, 2.24) is 0 Å². The zero-order chi connectivity index (χ0) is 19.2. The summed E-state index contributed by atoms with van der Waals surface area (Å²) in [4.78, 5) is 4.06. The number of hydrogen-bond donors (Lipinski definition) is 2. The van der Waals surface area contributed by atoms with Gasteiger partial charge in [0, 0.05) is 11.3 Å². The molecule has 3 N–H and O–H groups in total. The third kappa shape index (κ3) is 6.54. The average Bonchev–Trinajstić information content (AvgIpc) is 2.54. The number of halogens is 3. The molecule has 0 radical (unpaired) electrons. The fourth-order valence-electron chi connectivity index (χ4n) is 2.11. The van der Waals surface area contributed by atoms with Gasteiger partial charge in [-0.1, -0.05) is 18.2 Å². The number of nitrogens with zero attached hydrogens (tertiary/aromatic N) is 1. The molecule has 0 amide bonds. The van der Waals surface area contributed by atoms with Crippen LogP contribution in [0.4, 0.5) is 18.9 Å². The number of rotatable bonds is 6. The quantitative estimate of drug-likeness (QED) is 0.590. The van der Waals surface area contributed by atoms with Crippen LogP contribution in [0.1, 0.15) is 19.4 Å². The van der Waals surface area contributed by atoms with E-state index in [1.54, 1.807) is 30.3 Å². The normalized spacial score (nSPS) is 12.2. The highest BCUT2D eigenvalue weighted by Gasteiger charge is 2.31. The maximum Gasteiger partial charge on any atom is 0.573 e. The van der Waals surface area contributed by atoms with Gasteiger partial charge in [0.15, 0.2) is 5.96 Å². The Morgan fingerprint density at radius 1 is 1.12 bits per heavy atom. The van der Waals surface area contributed by atoms with E-state index < -0.39 is 6.36 Å². The summed E-state index contributed by atoms with van der Waals surface area (Å²) in [6.45, 7) is 3.80. The van der Waals surface area contributed by atoms with E-state index in [1.165, 1.54) is 18.2 Å². The van der Waals surface area contributed by atoms with E-state index in [-0.39, 0.29) is 29.9 Å². The first kappa shape index (κ1) is 19.4. The van der Waals surface area contributed by atoms with Crippen molar-refractivity contribution in [2.45, 2.75) is 32.9 Å². The second kappa shape index (κ2) is 8.46. The number of para-hydroxylation sites is 1. The highest BCUT2D eigenvalue weighted by atomic mass is 19.4. The van der Waals surface area contributed by atoms with Crippen LogP contribution in [0.3, 0.4) is 0 Å². The van der Waals surface area contributed by atoms with Gasteiger partial charge >= 0.3 is 6.36 Å². The SMILES string of the molecule is CC(C)Oc1ccc(NC(N)=NCc2ccccc2OC(F)(F)F)cc1. The Labute approximate surface area is 149 Å². The number of nitrogens with one attached hydrogen (secondary N) is 1. The fraction of sp³-hybridized carbons (Fsp3) is 0.278. The van der Waals surface area contributed by atoms with Crippen LogP contribution in [0, 0.1) is 0 Å². The van der Waals surface area contributed by atoms with E-state index in [9.17, 15) is 13.2 Å². The van der Waals surface area contributed by atoms with Crippen LogP contribution in [-0.2, 0) is 6.54 Å². The van der Waals surface area contributed by atoms with Crippen LogP contribution in [0.15, 0.2) is 53.5 Å². The van der Waals surface area contributed by atoms with E-state index in [4.69, 9.17) is 10.5 Å². The maximum atomic E-state index is 12.4.